The number of nitrogens with zero attached hydrogens (tertiary/aromatic N) is 1. The molecule has 0 aromatic heterocycles. The van der Waals surface area contributed by atoms with Gasteiger partial charge in [-0.05, 0) is 72.2 Å². The van der Waals surface area contributed by atoms with E-state index in [9.17, 15) is 31.9 Å². The lowest BCUT2D eigenvalue weighted by Gasteiger charge is -2.37. The van der Waals surface area contributed by atoms with E-state index < -0.39 is 54.7 Å². The Morgan fingerprint density at radius 1 is 0.426 bits per heavy atom. The summed E-state index contributed by atoms with van der Waals surface area (Å²) in [6.07, 6.45) is 6.77. The third kappa shape index (κ3) is 6.92. The van der Waals surface area contributed by atoms with E-state index in [0.29, 0.717) is 0 Å². The number of carbonyl (C=O) groups is 1. The highest BCUT2D eigenvalue weighted by molar-refractivity contribution is 7.82. The Bertz CT molecular complexity index is 2530. The summed E-state index contributed by atoms with van der Waals surface area (Å²) in [7, 11) is -4.62. The quantitative estimate of drug-likeness (QED) is 0.0527. The maximum absolute atomic E-state index is 12.5. The number of hydrogen-bond acceptors (Lipinski definition) is 2. The van der Waals surface area contributed by atoms with Crippen LogP contribution >= 0.6 is 14.1 Å². The zero-order valence-corrected chi connectivity index (χ0v) is 34.9. The molecule has 0 radical (unpaired) electrons. The third-order valence-corrected chi connectivity index (χ3v) is 23.1. The molecule has 2 atom stereocenters. The smallest absolute Gasteiger partial charge is 0.258 e. The Morgan fingerprint density at radius 2 is 0.689 bits per heavy atom. The highest BCUT2D eigenvalue weighted by Gasteiger charge is 2.65. The number of hydrogen-bond donors (Lipinski definition) is 0. The molecule has 3 nitrogen and oxygen atoms in total. The van der Waals surface area contributed by atoms with Crippen LogP contribution in [-0.2, 0) is 10.3 Å². The van der Waals surface area contributed by atoms with E-state index in [4.69, 9.17) is 4.17 Å². The van der Waals surface area contributed by atoms with Crippen LogP contribution in [0, 0.1) is 29.1 Å². The molecule has 0 saturated carbocycles. The fraction of sp³-hybridized carbons (Fsp3) is 0.157. The molecule has 7 aromatic carbocycles. The van der Waals surface area contributed by atoms with Gasteiger partial charge in [0.15, 0.2) is 23.3 Å². The second-order valence-corrected chi connectivity index (χ2v) is 22.6. The highest BCUT2D eigenvalue weighted by atomic mass is 31.2. The molecule has 0 spiro atoms. The van der Waals surface area contributed by atoms with Crippen molar-refractivity contribution >= 4 is 30.7 Å². The van der Waals surface area contributed by atoms with Gasteiger partial charge in [-0.3, -0.25) is 0 Å². The largest absolute Gasteiger partial charge is 0.545 e. The monoisotopic (exact) mass is 857 g/mol. The van der Waals surface area contributed by atoms with Gasteiger partial charge in [-0.15, -0.1) is 0 Å². The van der Waals surface area contributed by atoms with Gasteiger partial charge in [0.05, 0.1) is 11.5 Å². The fourth-order valence-corrected chi connectivity index (χ4v) is 22.9. The maximum Gasteiger partial charge on any atom is 0.258 e. The average molecular weight is 858 g/mol. The molecule has 61 heavy (non-hydrogen) atoms. The van der Waals surface area contributed by atoms with E-state index in [1.165, 1.54) is 32.9 Å². The van der Waals surface area contributed by atoms with Gasteiger partial charge in [0.1, 0.15) is 10.3 Å². The molecule has 308 valence electrons. The first-order valence-corrected chi connectivity index (χ1v) is 24.1. The summed E-state index contributed by atoms with van der Waals surface area (Å²) < 4.78 is 68.9. The van der Waals surface area contributed by atoms with Gasteiger partial charge in [0.2, 0.25) is 5.82 Å². The maximum atomic E-state index is 12.5. The SMILES string of the molecule is O=C([O-])c1c(F)c(F)c(F)c(F)c1F.c1ccc(C2(c3ccccc3)CCCP2(=[N+]=P2(c3ccccc3)CCCC2(c2ccccc2)c2ccccc2)c2ccccc2)cc1. The lowest BCUT2D eigenvalue weighted by Crippen LogP contribution is -2.33. The minimum Gasteiger partial charge on any atom is -0.545 e. The lowest BCUT2D eigenvalue weighted by atomic mass is 9.87. The molecular weight excluding hydrogens is 816 g/mol. The highest BCUT2D eigenvalue weighted by Crippen LogP contribution is 2.77. The van der Waals surface area contributed by atoms with Crippen LogP contribution in [-0.4, -0.2) is 18.3 Å². The van der Waals surface area contributed by atoms with Gasteiger partial charge >= 0.3 is 0 Å². The molecule has 2 heterocycles. The van der Waals surface area contributed by atoms with Crippen molar-refractivity contribution in [2.24, 2.45) is 0 Å². The van der Waals surface area contributed by atoms with Gasteiger partial charge in [0.25, 0.3) is 14.1 Å². The van der Waals surface area contributed by atoms with Crippen LogP contribution in [0.2, 0.25) is 0 Å². The molecule has 2 fully saturated rings. The minimum atomic E-state index is -2.47. The Hall–Kier alpha value is -5.77. The summed E-state index contributed by atoms with van der Waals surface area (Å²) in [5.74, 6) is -14.4. The van der Waals surface area contributed by atoms with Crippen molar-refractivity contribution in [2.45, 2.75) is 36.0 Å². The van der Waals surface area contributed by atoms with Crippen molar-refractivity contribution in [3.63, 3.8) is 0 Å². The predicted octanol–water partition coefficient (Wildman–Crippen LogP) is 11.3. The minimum absolute atomic E-state index is 0.208. The van der Waals surface area contributed by atoms with Crippen LogP contribution in [0.25, 0.3) is 0 Å². The van der Waals surface area contributed by atoms with E-state index in [1.54, 1.807) is 0 Å². The Morgan fingerprint density at radius 3 is 0.967 bits per heavy atom. The molecule has 9 rings (SSSR count). The second kappa shape index (κ2) is 17.3. The molecule has 0 aliphatic carbocycles. The normalized spacial score (nSPS) is 20.0. The first-order valence-electron chi connectivity index (χ1n) is 20.2. The van der Waals surface area contributed by atoms with E-state index >= 15 is 0 Å². The number of rotatable bonds is 7. The van der Waals surface area contributed by atoms with Crippen LogP contribution in [0.3, 0.4) is 0 Å². The van der Waals surface area contributed by atoms with Gasteiger partial charge in [-0.1, -0.05) is 158 Å². The van der Waals surface area contributed by atoms with Gasteiger partial charge in [-0.2, -0.15) is 4.17 Å². The van der Waals surface area contributed by atoms with Crippen LogP contribution in [0.5, 0.6) is 0 Å². The molecule has 2 unspecified atom stereocenters. The number of carboxylic acids is 1. The van der Waals surface area contributed by atoms with Crippen LogP contribution < -0.4 is 19.9 Å². The fourth-order valence-electron chi connectivity index (χ4n) is 9.94. The molecule has 7 aromatic rings. The molecule has 0 bridgehead atoms. The summed E-state index contributed by atoms with van der Waals surface area (Å²) in [4.78, 5) is 10.0. The molecule has 2 aliphatic rings. The summed E-state index contributed by atoms with van der Waals surface area (Å²) >= 11 is 0. The molecule has 2 aliphatic heterocycles. The molecule has 10 heteroatoms. The number of carbonyl (C=O) groups excluding carboxylic acids is 1. The van der Waals surface area contributed by atoms with Crippen LogP contribution in [0.1, 0.15) is 58.3 Å². The first kappa shape index (κ1) is 41.9. The average Bonchev–Trinajstić information content (AvgIpc) is 3.90. The van der Waals surface area contributed by atoms with Gasteiger partial charge < -0.3 is 9.90 Å². The standard InChI is InChI=1S/C44H42NP2.C7HF5O2/c1-7-21-37(22-8-1)43(38-23-9-2-10-24-38)33-19-35-46(43,41-29-15-5-16-30-41)45-47(42-31-17-6-18-32-42)36-20-34-44(47,39-25-11-3-12-26-39)40-27-13-4-14-28-40;8-2-1(7(13)14)3(9)5(11)6(12)4(2)10/h1-18,21-32H,19-20,33-36H2;(H,13,14)/q+1;/p-1. The Balaban J connectivity index is 0.000000314. The first-order chi connectivity index (χ1) is 29.6. The Kier molecular flexibility index (Phi) is 11.9. The summed E-state index contributed by atoms with van der Waals surface area (Å²) in [6, 6.07) is 68.9. The van der Waals surface area contributed by atoms with Crippen molar-refractivity contribution < 1.29 is 31.9 Å². The van der Waals surface area contributed by atoms with E-state index in [0.717, 1.165) is 38.0 Å². The predicted molar refractivity (Wildman–Crippen MR) is 234 cm³/mol. The van der Waals surface area contributed by atoms with E-state index in [2.05, 4.69) is 182 Å². The zero-order valence-electron chi connectivity index (χ0n) is 33.1. The molecule has 2 saturated heterocycles. The summed E-state index contributed by atoms with van der Waals surface area (Å²) in [6.45, 7) is 0. The zero-order chi connectivity index (χ0) is 42.7. The van der Waals surface area contributed by atoms with Crippen LogP contribution in [0.4, 0.5) is 22.0 Å². The van der Waals surface area contributed by atoms with Gasteiger partial charge in [-0.25, -0.2) is 22.0 Å². The van der Waals surface area contributed by atoms with Crippen molar-refractivity contribution in [1.82, 2.24) is 4.17 Å². The lowest BCUT2D eigenvalue weighted by molar-refractivity contribution is -0.255. The van der Waals surface area contributed by atoms with Crippen LogP contribution in [0.15, 0.2) is 182 Å². The number of halogens is 5. The third-order valence-electron chi connectivity index (χ3n) is 12.4. The van der Waals surface area contributed by atoms with Gasteiger partial charge in [0, 0.05) is 22.9 Å². The molecule has 0 N–H and O–H groups in total. The van der Waals surface area contributed by atoms with Crippen molar-refractivity contribution in [3.05, 3.63) is 239 Å². The number of benzene rings is 7. The van der Waals surface area contributed by atoms with E-state index in [1.807, 2.05) is 0 Å². The number of carboxylic acid groups (broad SMARTS) is 1. The van der Waals surface area contributed by atoms with Crippen molar-refractivity contribution in [1.29, 1.82) is 0 Å². The van der Waals surface area contributed by atoms with E-state index in [-0.39, 0.29) is 10.3 Å². The van der Waals surface area contributed by atoms with Crippen molar-refractivity contribution in [2.75, 3.05) is 12.3 Å². The molecular formula is C51H42F5NO2P2. The summed E-state index contributed by atoms with van der Waals surface area (Å²) in [5.41, 5.74) is 3.70. The topological polar surface area (TPSA) is 54.2 Å². The van der Waals surface area contributed by atoms with Crippen molar-refractivity contribution in [3.8, 4) is 0 Å². The second-order valence-electron chi connectivity index (χ2n) is 15.4. The number of aromatic carboxylic acids is 1. The summed E-state index contributed by atoms with van der Waals surface area (Å²) in [5, 5.41) is 12.5. The molecule has 0 amide bonds. The Labute approximate surface area is 352 Å².